The van der Waals surface area contributed by atoms with Crippen LogP contribution in [-0.2, 0) is 0 Å². The summed E-state index contributed by atoms with van der Waals surface area (Å²) in [5, 5.41) is 0. The van der Waals surface area contributed by atoms with E-state index in [1.54, 1.807) is 0 Å². The zero-order valence-corrected chi connectivity index (χ0v) is 4.91. The maximum atomic E-state index is 11.5. The van der Waals surface area contributed by atoms with Crippen LogP contribution in [0.1, 0.15) is 6.42 Å². The highest BCUT2D eigenvalue weighted by Crippen LogP contribution is 2.19. The second kappa shape index (κ2) is 2.17. The molecule has 1 heterocycles. The van der Waals surface area contributed by atoms with Crippen molar-refractivity contribution in [1.29, 1.82) is 0 Å². The van der Waals surface area contributed by atoms with Crippen LogP contribution in [0.2, 0.25) is 0 Å². The van der Waals surface area contributed by atoms with Crippen LogP contribution in [0.3, 0.4) is 0 Å². The van der Waals surface area contributed by atoms with Crippen LogP contribution in [0.15, 0.2) is 0 Å². The van der Waals surface area contributed by atoms with Crippen LogP contribution in [0.4, 0.5) is 13.2 Å². The molecule has 0 radical (unpaired) electrons. The van der Waals surface area contributed by atoms with Crippen molar-refractivity contribution in [1.82, 2.24) is 4.90 Å². The molecular weight excluding hydrogens is 131 g/mol. The lowest BCUT2D eigenvalue weighted by atomic mass is 10.2. The number of alkyl halides is 3. The highest BCUT2D eigenvalue weighted by molar-refractivity contribution is 4.71. The van der Waals surface area contributed by atoms with E-state index in [0.717, 1.165) is 6.42 Å². The van der Waals surface area contributed by atoms with Gasteiger partial charge in [0.05, 0.1) is 6.54 Å². The van der Waals surface area contributed by atoms with E-state index >= 15 is 0 Å². The summed E-state index contributed by atoms with van der Waals surface area (Å²) in [6, 6.07) is 0. The minimum absolute atomic E-state index is 0.611. The first-order valence-electron chi connectivity index (χ1n) is 2.87. The summed E-state index contributed by atoms with van der Waals surface area (Å²) >= 11 is 0. The van der Waals surface area contributed by atoms with E-state index in [0.29, 0.717) is 13.1 Å². The Hall–Kier alpha value is -0.250. The predicted octanol–water partition coefficient (Wildman–Crippen LogP) is 1.25. The molecule has 0 aromatic rings. The van der Waals surface area contributed by atoms with Crippen LogP contribution in [0.5, 0.6) is 0 Å². The van der Waals surface area contributed by atoms with Gasteiger partial charge in [-0.05, 0) is 19.5 Å². The fraction of sp³-hybridized carbons (Fsp3) is 1.00. The molecule has 0 unspecified atom stereocenters. The second-order valence-electron chi connectivity index (χ2n) is 2.24. The van der Waals surface area contributed by atoms with Crippen molar-refractivity contribution in [3.05, 3.63) is 0 Å². The smallest absolute Gasteiger partial charge is 0.295 e. The van der Waals surface area contributed by atoms with Gasteiger partial charge in [0.2, 0.25) is 0 Å². The maximum Gasteiger partial charge on any atom is 0.401 e. The van der Waals surface area contributed by atoms with Gasteiger partial charge >= 0.3 is 6.18 Å². The van der Waals surface area contributed by atoms with Gasteiger partial charge in [-0.2, -0.15) is 13.2 Å². The fourth-order valence-electron chi connectivity index (χ4n) is 0.793. The Morgan fingerprint density at radius 1 is 1.22 bits per heavy atom. The first-order valence-corrected chi connectivity index (χ1v) is 2.87. The SMILES string of the molecule is FC(F)(F)CN1CCC1. The van der Waals surface area contributed by atoms with Gasteiger partial charge in [0.1, 0.15) is 0 Å². The minimum Gasteiger partial charge on any atom is -0.295 e. The zero-order chi connectivity index (χ0) is 6.91. The van der Waals surface area contributed by atoms with E-state index in [9.17, 15) is 13.2 Å². The Kier molecular flexibility index (Phi) is 1.66. The standard InChI is InChI=1S/C5H8F3N/c6-5(7,8)4-9-2-1-3-9/h1-4H2. The third-order valence-electron chi connectivity index (χ3n) is 1.35. The summed E-state index contributed by atoms with van der Waals surface area (Å²) < 4.78 is 34.5. The molecule has 0 amide bonds. The molecule has 0 aromatic carbocycles. The van der Waals surface area contributed by atoms with Crippen LogP contribution < -0.4 is 0 Å². The molecular formula is C5H8F3N. The summed E-state index contributed by atoms with van der Waals surface area (Å²) in [7, 11) is 0. The molecule has 1 nitrogen and oxygen atoms in total. The lowest BCUT2D eigenvalue weighted by molar-refractivity contribution is -0.152. The van der Waals surface area contributed by atoms with Gasteiger partial charge in [0.25, 0.3) is 0 Å². The normalized spacial score (nSPS) is 21.7. The first-order chi connectivity index (χ1) is 4.08. The summed E-state index contributed by atoms with van der Waals surface area (Å²) in [4.78, 5) is 1.39. The topological polar surface area (TPSA) is 3.24 Å². The number of rotatable bonds is 1. The average molecular weight is 139 g/mol. The van der Waals surface area contributed by atoms with E-state index < -0.39 is 12.7 Å². The molecule has 4 heteroatoms. The Balaban J connectivity index is 2.16. The highest BCUT2D eigenvalue weighted by atomic mass is 19.4. The van der Waals surface area contributed by atoms with E-state index in [4.69, 9.17) is 0 Å². The van der Waals surface area contributed by atoms with E-state index in [2.05, 4.69) is 0 Å². The fourth-order valence-corrected chi connectivity index (χ4v) is 0.793. The highest BCUT2D eigenvalue weighted by Gasteiger charge is 2.32. The van der Waals surface area contributed by atoms with Crippen LogP contribution in [0.25, 0.3) is 0 Å². The third kappa shape index (κ3) is 2.22. The number of hydrogen-bond acceptors (Lipinski definition) is 1. The van der Waals surface area contributed by atoms with Gasteiger partial charge in [0.15, 0.2) is 0 Å². The Labute approximate surface area is 51.4 Å². The predicted molar refractivity (Wildman–Crippen MR) is 27.1 cm³/mol. The van der Waals surface area contributed by atoms with Crippen molar-refractivity contribution in [2.24, 2.45) is 0 Å². The molecule has 0 spiro atoms. The maximum absolute atomic E-state index is 11.5. The van der Waals surface area contributed by atoms with E-state index in [1.807, 2.05) is 0 Å². The number of hydrogen-bond donors (Lipinski definition) is 0. The van der Waals surface area contributed by atoms with Crippen molar-refractivity contribution >= 4 is 0 Å². The largest absolute Gasteiger partial charge is 0.401 e. The summed E-state index contributed by atoms with van der Waals surface area (Å²) in [6.45, 7) is 0.492. The number of nitrogens with zero attached hydrogens (tertiary/aromatic N) is 1. The van der Waals surface area contributed by atoms with Crippen LogP contribution >= 0.6 is 0 Å². The molecule has 0 aromatic heterocycles. The Bertz CT molecular complexity index is 94.9. The molecule has 0 atom stereocenters. The second-order valence-corrected chi connectivity index (χ2v) is 2.24. The first kappa shape index (κ1) is 6.86. The molecule has 1 saturated heterocycles. The van der Waals surface area contributed by atoms with E-state index in [-0.39, 0.29) is 0 Å². The van der Waals surface area contributed by atoms with Crippen LogP contribution in [-0.4, -0.2) is 30.7 Å². The van der Waals surface area contributed by atoms with Gasteiger partial charge in [-0.3, -0.25) is 4.90 Å². The lowest BCUT2D eigenvalue weighted by Gasteiger charge is -2.31. The number of likely N-dealkylation sites (tertiary alicyclic amines) is 1. The molecule has 1 fully saturated rings. The zero-order valence-electron chi connectivity index (χ0n) is 4.91. The molecule has 1 rings (SSSR count). The average Bonchev–Trinajstić information content (AvgIpc) is 1.53. The third-order valence-corrected chi connectivity index (χ3v) is 1.35. The van der Waals surface area contributed by atoms with Crippen molar-refractivity contribution in [3.8, 4) is 0 Å². The molecule has 9 heavy (non-hydrogen) atoms. The van der Waals surface area contributed by atoms with Crippen molar-refractivity contribution < 1.29 is 13.2 Å². The van der Waals surface area contributed by atoms with Gasteiger partial charge in [-0.25, -0.2) is 0 Å². The van der Waals surface area contributed by atoms with Crippen molar-refractivity contribution in [2.75, 3.05) is 19.6 Å². The molecule has 54 valence electrons. The van der Waals surface area contributed by atoms with Gasteiger partial charge < -0.3 is 0 Å². The monoisotopic (exact) mass is 139 g/mol. The molecule has 1 aliphatic heterocycles. The molecule has 0 N–H and O–H groups in total. The van der Waals surface area contributed by atoms with Gasteiger partial charge in [0, 0.05) is 0 Å². The summed E-state index contributed by atoms with van der Waals surface area (Å²) in [6.07, 6.45) is -3.09. The minimum atomic E-state index is -4.00. The number of halogens is 3. The molecule has 1 aliphatic rings. The Morgan fingerprint density at radius 2 is 1.78 bits per heavy atom. The summed E-state index contributed by atoms with van der Waals surface area (Å²) in [5.74, 6) is 0. The van der Waals surface area contributed by atoms with Crippen LogP contribution in [0, 0.1) is 0 Å². The van der Waals surface area contributed by atoms with Crippen molar-refractivity contribution in [3.63, 3.8) is 0 Å². The lowest BCUT2D eigenvalue weighted by Crippen LogP contribution is -2.43. The Morgan fingerprint density at radius 3 is 1.89 bits per heavy atom. The summed E-state index contributed by atoms with van der Waals surface area (Å²) in [5.41, 5.74) is 0. The molecule has 0 bridgehead atoms. The molecule has 0 saturated carbocycles. The molecule has 0 aliphatic carbocycles. The quantitative estimate of drug-likeness (QED) is 0.528. The van der Waals surface area contributed by atoms with Gasteiger partial charge in [-0.15, -0.1) is 0 Å². The van der Waals surface area contributed by atoms with E-state index in [1.165, 1.54) is 4.90 Å². The van der Waals surface area contributed by atoms with Crippen molar-refractivity contribution in [2.45, 2.75) is 12.6 Å². The van der Waals surface area contributed by atoms with Gasteiger partial charge in [-0.1, -0.05) is 0 Å².